The molecule has 1 aromatic heterocycles. The molecule has 0 spiro atoms. The minimum absolute atomic E-state index is 0.274. The van der Waals surface area contributed by atoms with Gasteiger partial charge >= 0.3 is 0 Å². The van der Waals surface area contributed by atoms with E-state index in [1.807, 2.05) is 19.1 Å². The number of aromatic nitrogens is 1. The van der Waals surface area contributed by atoms with Crippen molar-refractivity contribution in [2.45, 2.75) is 6.92 Å². The maximum atomic E-state index is 5.54. The van der Waals surface area contributed by atoms with Gasteiger partial charge in [0.05, 0.1) is 6.20 Å². The van der Waals surface area contributed by atoms with E-state index in [0.29, 0.717) is 11.8 Å². The SMILES string of the molecule is CNc1ncc(-c2cc3c(cc2C)OCO3)o1. The van der Waals surface area contributed by atoms with E-state index in [1.54, 1.807) is 13.2 Å². The average Bonchev–Trinajstić information content (AvgIpc) is 2.94. The van der Waals surface area contributed by atoms with Crippen molar-refractivity contribution in [3.63, 3.8) is 0 Å². The van der Waals surface area contributed by atoms with Gasteiger partial charge in [0.1, 0.15) is 0 Å². The first-order valence-electron chi connectivity index (χ1n) is 5.32. The van der Waals surface area contributed by atoms with E-state index in [2.05, 4.69) is 10.3 Å². The minimum Gasteiger partial charge on any atom is -0.454 e. The van der Waals surface area contributed by atoms with Crippen molar-refractivity contribution in [1.82, 2.24) is 4.98 Å². The van der Waals surface area contributed by atoms with Gasteiger partial charge in [0.15, 0.2) is 17.3 Å². The van der Waals surface area contributed by atoms with Gasteiger partial charge in [0.25, 0.3) is 6.01 Å². The summed E-state index contributed by atoms with van der Waals surface area (Å²) >= 11 is 0. The monoisotopic (exact) mass is 232 g/mol. The second-order valence-electron chi connectivity index (χ2n) is 3.80. The van der Waals surface area contributed by atoms with Crippen LogP contribution in [0.3, 0.4) is 0 Å². The highest BCUT2D eigenvalue weighted by atomic mass is 16.7. The van der Waals surface area contributed by atoms with Gasteiger partial charge in [-0.25, -0.2) is 4.98 Å². The summed E-state index contributed by atoms with van der Waals surface area (Å²) < 4.78 is 16.2. The summed E-state index contributed by atoms with van der Waals surface area (Å²) in [5.41, 5.74) is 2.02. The van der Waals surface area contributed by atoms with Crippen molar-refractivity contribution >= 4 is 6.01 Å². The van der Waals surface area contributed by atoms with Gasteiger partial charge < -0.3 is 19.2 Å². The van der Waals surface area contributed by atoms with Crippen LogP contribution in [0.1, 0.15) is 5.56 Å². The second-order valence-corrected chi connectivity index (χ2v) is 3.80. The van der Waals surface area contributed by atoms with Gasteiger partial charge in [-0.2, -0.15) is 0 Å². The smallest absolute Gasteiger partial charge is 0.294 e. The Hall–Kier alpha value is -2.17. The van der Waals surface area contributed by atoms with Crippen molar-refractivity contribution in [1.29, 1.82) is 0 Å². The molecule has 1 aliphatic rings. The number of oxazole rings is 1. The van der Waals surface area contributed by atoms with E-state index in [4.69, 9.17) is 13.9 Å². The van der Waals surface area contributed by atoms with Gasteiger partial charge in [-0.15, -0.1) is 0 Å². The molecule has 0 radical (unpaired) electrons. The summed E-state index contributed by atoms with van der Waals surface area (Å²) in [7, 11) is 1.77. The van der Waals surface area contributed by atoms with E-state index in [1.165, 1.54) is 0 Å². The number of ether oxygens (including phenoxy) is 2. The fraction of sp³-hybridized carbons (Fsp3) is 0.250. The van der Waals surface area contributed by atoms with Crippen molar-refractivity contribution in [3.05, 3.63) is 23.9 Å². The Morgan fingerprint density at radius 3 is 2.71 bits per heavy atom. The molecule has 0 unspecified atom stereocenters. The molecular formula is C12H12N2O3. The number of benzene rings is 1. The summed E-state index contributed by atoms with van der Waals surface area (Å²) in [6.45, 7) is 2.27. The van der Waals surface area contributed by atoms with Crippen molar-refractivity contribution in [2.24, 2.45) is 0 Å². The molecule has 2 aromatic rings. The Morgan fingerprint density at radius 2 is 2.00 bits per heavy atom. The van der Waals surface area contributed by atoms with Crippen LogP contribution in [0.15, 0.2) is 22.7 Å². The fourth-order valence-electron chi connectivity index (χ4n) is 1.82. The fourth-order valence-corrected chi connectivity index (χ4v) is 1.82. The Balaban J connectivity index is 2.08. The van der Waals surface area contributed by atoms with E-state index < -0.39 is 0 Å². The Morgan fingerprint density at radius 1 is 1.24 bits per heavy atom. The Kier molecular flexibility index (Phi) is 2.18. The standard InChI is InChI=1S/C12H12N2O3/c1-7-3-9-10(16-6-15-9)4-8(7)11-5-14-12(13-2)17-11/h3-5H,6H2,1-2H3,(H,13,14). The summed E-state index contributed by atoms with van der Waals surface area (Å²) in [4.78, 5) is 4.10. The zero-order valence-corrected chi connectivity index (χ0v) is 9.61. The number of aryl methyl sites for hydroxylation is 1. The van der Waals surface area contributed by atoms with Crippen LogP contribution in [0.5, 0.6) is 11.5 Å². The Bertz CT molecular complexity index is 563. The largest absolute Gasteiger partial charge is 0.454 e. The first kappa shape index (κ1) is 10.0. The van der Waals surface area contributed by atoms with Crippen LogP contribution in [0.25, 0.3) is 11.3 Å². The van der Waals surface area contributed by atoms with Crippen LogP contribution in [-0.2, 0) is 0 Å². The first-order chi connectivity index (χ1) is 8.28. The normalized spacial score (nSPS) is 12.8. The summed E-state index contributed by atoms with van der Waals surface area (Å²) in [6, 6.07) is 4.36. The molecule has 2 heterocycles. The van der Waals surface area contributed by atoms with Gasteiger partial charge in [0.2, 0.25) is 6.79 Å². The van der Waals surface area contributed by atoms with Crippen LogP contribution in [0.4, 0.5) is 6.01 Å². The van der Waals surface area contributed by atoms with Crippen LogP contribution in [0.2, 0.25) is 0 Å². The first-order valence-corrected chi connectivity index (χ1v) is 5.32. The van der Waals surface area contributed by atoms with Crippen LogP contribution < -0.4 is 14.8 Å². The average molecular weight is 232 g/mol. The topological polar surface area (TPSA) is 56.5 Å². The maximum Gasteiger partial charge on any atom is 0.294 e. The number of nitrogens with one attached hydrogen (secondary N) is 1. The van der Waals surface area contributed by atoms with E-state index >= 15 is 0 Å². The zero-order chi connectivity index (χ0) is 11.8. The van der Waals surface area contributed by atoms with Gasteiger partial charge in [-0.1, -0.05) is 0 Å². The molecule has 0 saturated heterocycles. The van der Waals surface area contributed by atoms with Crippen LogP contribution >= 0.6 is 0 Å². The number of fused-ring (bicyclic) bond motifs is 1. The lowest BCUT2D eigenvalue weighted by atomic mass is 10.1. The molecule has 3 rings (SSSR count). The molecule has 5 nitrogen and oxygen atoms in total. The molecule has 0 atom stereocenters. The second kappa shape index (κ2) is 3.69. The van der Waals surface area contributed by atoms with Crippen LogP contribution in [-0.4, -0.2) is 18.8 Å². The molecule has 0 bridgehead atoms. The number of rotatable bonds is 2. The molecule has 0 aliphatic carbocycles. The maximum absolute atomic E-state index is 5.54. The number of anilines is 1. The molecule has 1 aliphatic heterocycles. The van der Waals surface area contributed by atoms with E-state index in [-0.39, 0.29) is 6.79 Å². The molecule has 5 heteroatoms. The number of hydrogen-bond acceptors (Lipinski definition) is 5. The quantitative estimate of drug-likeness (QED) is 0.861. The molecule has 88 valence electrons. The van der Waals surface area contributed by atoms with Gasteiger partial charge in [-0.05, 0) is 24.6 Å². The third-order valence-electron chi connectivity index (χ3n) is 2.70. The zero-order valence-electron chi connectivity index (χ0n) is 9.61. The molecule has 17 heavy (non-hydrogen) atoms. The van der Waals surface area contributed by atoms with Crippen LogP contribution in [0, 0.1) is 6.92 Å². The highest BCUT2D eigenvalue weighted by molar-refractivity contribution is 5.67. The predicted octanol–water partition coefficient (Wildman–Crippen LogP) is 2.42. The lowest BCUT2D eigenvalue weighted by Crippen LogP contribution is -1.92. The molecule has 0 amide bonds. The highest BCUT2D eigenvalue weighted by Gasteiger charge is 2.18. The van der Waals surface area contributed by atoms with E-state index in [9.17, 15) is 0 Å². The van der Waals surface area contributed by atoms with Crippen molar-refractivity contribution < 1.29 is 13.9 Å². The lowest BCUT2D eigenvalue weighted by Gasteiger charge is -2.04. The van der Waals surface area contributed by atoms with E-state index in [0.717, 1.165) is 22.6 Å². The molecule has 1 aromatic carbocycles. The number of nitrogens with zero attached hydrogens (tertiary/aromatic N) is 1. The third-order valence-corrected chi connectivity index (χ3v) is 2.70. The number of hydrogen-bond donors (Lipinski definition) is 1. The summed E-state index contributed by atoms with van der Waals surface area (Å²) in [6.07, 6.45) is 1.69. The van der Waals surface area contributed by atoms with Crippen molar-refractivity contribution in [3.8, 4) is 22.8 Å². The lowest BCUT2D eigenvalue weighted by molar-refractivity contribution is 0.174. The third kappa shape index (κ3) is 1.60. The summed E-state index contributed by atoms with van der Waals surface area (Å²) in [5, 5.41) is 2.86. The summed E-state index contributed by atoms with van der Waals surface area (Å²) in [5.74, 6) is 2.23. The molecular weight excluding hydrogens is 220 g/mol. The Labute approximate surface area is 98.4 Å². The van der Waals surface area contributed by atoms with Crippen molar-refractivity contribution in [2.75, 3.05) is 19.2 Å². The molecule has 0 fully saturated rings. The van der Waals surface area contributed by atoms with Gasteiger partial charge in [0, 0.05) is 12.6 Å². The molecule has 1 N–H and O–H groups in total. The predicted molar refractivity (Wildman–Crippen MR) is 62.3 cm³/mol. The highest BCUT2D eigenvalue weighted by Crippen LogP contribution is 2.38. The molecule has 0 saturated carbocycles. The minimum atomic E-state index is 0.274. The van der Waals surface area contributed by atoms with Gasteiger partial charge in [-0.3, -0.25) is 0 Å².